The van der Waals surface area contributed by atoms with E-state index in [1.54, 1.807) is 0 Å². The Morgan fingerprint density at radius 3 is 2.05 bits per heavy atom. The van der Waals surface area contributed by atoms with Crippen molar-refractivity contribution in [1.29, 1.82) is 0 Å². The Bertz CT molecular complexity index is 611. The number of hydrogen-bond acceptors (Lipinski definition) is 2. The van der Waals surface area contributed by atoms with Gasteiger partial charge in [0.1, 0.15) is 0 Å². The van der Waals surface area contributed by atoms with Crippen LogP contribution in [0, 0.1) is 0 Å². The van der Waals surface area contributed by atoms with Gasteiger partial charge in [-0.2, -0.15) is 0 Å². The molecule has 2 aromatic carbocycles. The highest BCUT2D eigenvalue weighted by atomic mass is 16.2. The van der Waals surface area contributed by atoms with Crippen molar-refractivity contribution >= 4 is 11.8 Å². The van der Waals surface area contributed by atoms with E-state index in [0.29, 0.717) is 13.1 Å². The molecule has 0 aliphatic rings. The number of amides is 2. The standard InChI is InChI=1S/C18H20N2O2/c1-14(16-10-6-3-7-11-16)12-19-17(21)18(22)20-13-15-8-4-2-5-9-15/h2-11,14H,12-13H2,1H3,(H,19,21)(H,20,22)/t14-/m0/s1. The molecule has 0 heterocycles. The molecule has 4 heteroatoms. The van der Waals surface area contributed by atoms with Crippen LogP contribution in [-0.4, -0.2) is 18.4 Å². The van der Waals surface area contributed by atoms with Crippen LogP contribution >= 0.6 is 0 Å². The first-order valence-electron chi connectivity index (χ1n) is 7.31. The van der Waals surface area contributed by atoms with Crippen molar-refractivity contribution in [3.8, 4) is 0 Å². The van der Waals surface area contributed by atoms with Crippen molar-refractivity contribution in [2.45, 2.75) is 19.4 Å². The molecular formula is C18H20N2O2. The Morgan fingerprint density at radius 1 is 0.864 bits per heavy atom. The summed E-state index contributed by atoms with van der Waals surface area (Å²) in [6.07, 6.45) is 0. The second-order valence-electron chi connectivity index (χ2n) is 5.19. The maximum absolute atomic E-state index is 11.8. The molecule has 0 unspecified atom stereocenters. The predicted octanol–water partition coefficient (Wildman–Crippen LogP) is 2.22. The fraction of sp³-hybridized carbons (Fsp3) is 0.222. The predicted molar refractivity (Wildman–Crippen MR) is 86.2 cm³/mol. The second-order valence-corrected chi connectivity index (χ2v) is 5.19. The maximum atomic E-state index is 11.8. The lowest BCUT2D eigenvalue weighted by Gasteiger charge is -2.13. The molecule has 2 amide bonds. The zero-order valence-corrected chi connectivity index (χ0v) is 12.6. The minimum atomic E-state index is -0.607. The molecule has 2 rings (SSSR count). The molecule has 1 atom stereocenters. The number of rotatable bonds is 5. The average molecular weight is 296 g/mol. The van der Waals surface area contributed by atoms with Gasteiger partial charge in [-0.05, 0) is 17.0 Å². The maximum Gasteiger partial charge on any atom is 0.309 e. The number of hydrogen-bond donors (Lipinski definition) is 2. The topological polar surface area (TPSA) is 58.2 Å². The van der Waals surface area contributed by atoms with E-state index in [1.165, 1.54) is 0 Å². The Hall–Kier alpha value is -2.62. The van der Waals surface area contributed by atoms with Crippen LogP contribution in [0.3, 0.4) is 0 Å². The summed E-state index contributed by atoms with van der Waals surface area (Å²) in [4.78, 5) is 23.5. The summed E-state index contributed by atoms with van der Waals surface area (Å²) in [5, 5.41) is 5.28. The van der Waals surface area contributed by atoms with Crippen LogP contribution in [0.5, 0.6) is 0 Å². The third-order valence-corrected chi connectivity index (χ3v) is 3.44. The van der Waals surface area contributed by atoms with Crippen LogP contribution in [0.25, 0.3) is 0 Å². The van der Waals surface area contributed by atoms with Crippen molar-refractivity contribution in [3.05, 3.63) is 71.8 Å². The summed E-state index contributed by atoms with van der Waals surface area (Å²) in [7, 11) is 0. The molecule has 0 bridgehead atoms. The van der Waals surface area contributed by atoms with Gasteiger partial charge in [0.05, 0.1) is 0 Å². The molecule has 0 spiro atoms. The van der Waals surface area contributed by atoms with E-state index in [9.17, 15) is 9.59 Å². The molecule has 0 saturated heterocycles. The van der Waals surface area contributed by atoms with Crippen LogP contribution in [-0.2, 0) is 16.1 Å². The molecule has 0 saturated carbocycles. The van der Waals surface area contributed by atoms with E-state index < -0.39 is 11.8 Å². The van der Waals surface area contributed by atoms with Gasteiger partial charge in [0.2, 0.25) is 0 Å². The first-order valence-corrected chi connectivity index (χ1v) is 7.31. The van der Waals surface area contributed by atoms with E-state index in [-0.39, 0.29) is 5.92 Å². The minimum absolute atomic E-state index is 0.159. The highest BCUT2D eigenvalue weighted by Gasteiger charge is 2.14. The molecule has 0 aliphatic carbocycles. The highest BCUT2D eigenvalue weighted by Crippen LogP contribution is 2.12. The summed E-state index contributed by atoms with van der Waals surface area (Å²) in [6, 6.07) is 19.4. The van der Waals surface area contributed by atoms with Crippen molar-refractivity contribution in [3.63, 3.8) is 0 Å². The van der Waals surface area contributed by atoms with Crippen LogP contribution in [0.4, 0.5) is 0 Å². The largest absolute Gasteiger partial charge is 0.347 e. The molecule has 114 valence electrons. The van der Waals surface area contributed by atoms with Crippen LogP contribution in [0.2, 0.25) is 0 Å². The van der Waals surface area contributed by atoms with Gasteiger partial charge in [0.15, 0.2) is 0 Å². The minimum Gasteiger partial charge on any atom is -0.347 e. The number of carbonyl (C=O) groups excluding carboxylic acids is 2. The summed E-state index contributed by atoms with van der Waals surface area (Å²) >= 11 is 0. The summed E-state index contributed by atoms with van der Waals surface area (Å²) < 4.78 is 0. The van der Waals surface area contributed by atoms with Crippen LogP contribution in [0.15, 0.2) is 60.7 Å². The van der Waals surface area contributed by atoms with Gasteiger partial charge in [-0.25, -0.2) is 0 Å². The van der Waals surface area contributed by atoms with Gasteiger partial charge in [-0.15, -0.1) is 0 Å². The van der Waals surface area contributed by atoms with E-state index in [4.69, 9.17) is 0 Å². The van der Waals surface area contributed by atoms with E-state index in [0.717, 1.165) is 11.1 Å². The summed E-state index contributed by atoms with van der Waals surface area (Å²) in [6.45, 7) is 2.79. The van der Waals surface area contributed by atoms with Gasteiger partial charge < -0.3 is 10.6 Å². The van der Waals surface area contributed by atoms with E-state index >= 15 is 0 Å². The normalized spacial score (nSPS) is 11.5. The molecule has 2 N–H and O–H groups in total. The molecular weight excluding hydrogens is 276 g/mol. The third kappa shape index (κ3) is 4.74. The Labute approximate surface area is 130 Å². The number of carbonyl (C=O) groups is 2. The Balaban J connectivity index is 1.76. The van der Waals surface area contributed by atoms with Gasteiger partial charge >= 0.3 is 11.8 Å². The Kier molecular flexibility index (Phi) is 5.72. The zero-order valence-electron chi connectivity index (χ0n) is 12.6. The van der Waals surface area contributed by atoms with Crippen molar-refractivity contribution < 1.29 is 9.59 Å². The second kappa shape index (κ2) is 7.98. The lowest BCUT2D eigenvalue weighted by molar-refractivity contribution is -0.139. The van der Waals surface area contributed by atoms with Crippen LogP contribution < -0.4 is 10.6 Å². The van der Waals surface area contributed by atoms with Gasteiger partial charge in [0.25, 0.3) is 0 Å². The highest BCUT2D eigenvalue weighted by molar-refractivity contribution is 6.35. The molecule has 0 aromatic heterocycles. The SMILES string of the molecule is C[C@@H](CNC(=O)C(=O)NCc1ccccc1)c1ccccc1. The number of nitrogens with one attached hydrogen (secondary N) is 2. The average Bonchev–Trinajstić information content (AvgIpc) is 2.58. The zero-order chi connectivity index (χ0) is 15.8. The lowest BCUT2D eigenvalue weighted by Crippen LogP contribution is -2.40. The van der Waals surface area contributed by atoms with Gasteiger partial charge in [0, 0.05) is 13.1 Å². The molecule has 22 heavy (non-hydrogen) atoms. The lowest BCUT2D eigenvalue weighted by atomic mass is 10.0. The Morgan fingerprint density at radius 2 is 1.41 bits per heavy atom. The summed E-state index contributed by atoms with van der Waals surface area (Å²) in [5.74, 6) is -1.05. The van der Waals surface area contributed by atoms with Gasteiger partial charge in [-0.3, -0.25) is 9.59 Å². The van der Waals surface area contributed by atoms with Crippen molar-refractivity contribution in [2.24, 2.45) is 0 Å². The summed E-state index contributed by atoms with van der Waals surface area (Å²) in [5.41, 5.74) is 2.09. The first kappa shape index (κ1) is 15.8. The van der Waals surface area contributed by atoms with E-state index in [1.807, 2.05) is 67.6 Å². The fourth-order valence-corrected chi connectivity index (χ4v) is 2.08. The molecule has 4 nitrogen and oxygen atoms in total. The first-order chi connectivity index (χ1) is 10.7. The molecule has 0 aliphatic heterocycles. The quantitative estimate of drug-likeness (QED) is 0.831. The van der Waals surface area contributed by atoms with Crippen molar-refractivity contribution in [2.75, 3.05) is 6.54 Å². The number of benzene rings is 2. The monoisotopic (exact) mass is 296 g/mol. The molecule has 0 fully saturated rings. The van der Waals surface area contributed by atoms with E-state index in [2.05, 4.69) is 10.6 Å². The molecule has 2 aromatic rings. The smallest absolute Gasteiger partial charge is 0.309 e. The third-order valence-electron chi connectivity index (χ3n) is 3.44. The van der Waals surface area contributed by atoms with Gasteiger partial charge in [-0.1, -0.05) is 67.6 Å². The molecule has 0 radical (unpaired) electrons. The van der Waals surface area contributed by atoms with Crippen molar-refractivity contribution in [1.82, 2.24) is 10.6 Å². The van der Waals surface area contributed by atoms with Crippen LogP contribution in [0.1, 0.15) is 24.0 Å². The fourth-order valence-electron chi connectivity index (χ4n) is 2.08.